The molecule has 1 aromatic heterocycles. The van der Waals surface area contributed by atoms with Gasteiger partial charge in [-0.05, 0) is 41.1 Å². The van der Waals surface area contributed by atoms with Gasteiger partial charge in [0.1, 0.15) is 0 Å². The molecule has 0 aliphatic rings. The lowest BCUT2D eigenvalue weighted by Crippen LogP contribution is -2.11. The van der Waals surface area contributed by atoms with Gasteiger partial charge in [-0.3, -0.25) is 0 Å². The lowest BCUT2D eigenvalue weighted by Gasteiger charge is -2.13. The standard InChI is InChI=1S/C14H15BrN2O2S/c1-2-19-14(18)11-4-3-5-12(16)13(11)17-7-10-6-9(15)8-20-10/h3-6,8,17H,2,7,16H2,1H3. The Balaban J connectivity index is 2.19. The molecule has 0 saturated carbocycles. The number of hydrogen-bond donors (Lipinski definition) is 2. The number of para-hydroxylation sites is 1. The summed E-state index contributed by atoms with van der Waals surface area (Å²) < 4.78 is 6.09. The van der Waals surface area contributed by atoms with Gasteiger partial charge in [-0.25, -0.2) is 4.79 Å². The third kappa shape index (κ3) is 3.52. The summed E-state index contributed by atoms with van der Waals surface area (Å²) in [4.78, 5) is 13.1. The second kappa shape index (κ2) is 6.76. The van der Waals surface area contributed by atoms with E-state index in [9.17, 15) is 4.79 Å². The van der Waals surface area contributed by atoms with E-state index in [1.807, 2.05) is 11.4 Å². The van der Waals surface area contributed by atoms with Crippen LogP contribution in [0.4, 0.5) is 11.4 Å². The van der Waals surface area contributed by atoms with E-state index in [-0.39, 0.29) is 5.97 Å². The van der Waals surface area contributed by atoms with Gasteiger partial charge in [-0.15, -0.1) is 11.3 Å². The van der Waals surface area contributed by atoms with E-state index in [4.69, 9.17) is 10.5 Å². The van der Waals surface area contributed by atoms with Gasteiger partial charge in [0.2, 0.25) is 0 Å². The Hall–Kier alpha value is -1.53. The van der Waals surface area contributed by atoms with Crippen molar-refractivity contribution in [2.75, 3.05) is 17.7 Å². The SMILES string of the molecule is CCOC(=O)c1cccc(N)c1NCc1cc(Br)cs1. The van der Waals surface area contributed by atoms with Crippen LogP contribution in [0.5, 0.6) is 0 Å². The Bertz CT molecular complexity index is 613. The van der Waals surface area contributed by atoms with E-state index in [2.05, 4.69) is 21.2 Å². The molecule has 106 valence electrons. The van der Waals surface area contributed by atoms with Crippen LogP contribution in [0.3, 0.4) is 0 Å². The van der Waals surface area contributed by atoms with Crippen molar-refractivity contribution in [3.63, 3.8) is 0 Å². The van der Waals surface area contributed by atoms with E-state index in [1.165, 1.54) is 0 Å². The maximum Gasteiger partial charge on any atom is 0.340 e. The largest absolute Gasteiger partial charge is 0.462 e. The molecule has 20 heavy (non-hydrogen) atoms. The van der Waals surface area contributed by atoms with Crippen molar-refractivity contribution in [3.8, 4) is 0 Å². The first kappa shape index (κ1) is 14.9. The molecule has 1 heterocycles. The number of nitrogens with one attached hydrogen (secondary N) is 1. The summed E-state index contributed by atoms with van der Waals surface area (Å²) in [5, 5.41) is 5.23. The minimum absolute atomic E-state index is 0.338. The predicted molar refractivity (Wildman–Crippen MR) is 86.2 cm³/mol. The molecule has 6 heteroatoms. The van der Waals surface area contributed by atoms with Gasteiger partial charge in [-0.1, -0.05) is 6.07 Å². The summed E-state index contributed by atoms with van der Waals surface area (Å²) in [7, 11) is 0. The Morgan fingerprint density at radius 2 is 2.30 bits per heavy atom. The van der Waals surface area contributed by atoms with Crippen molar-refractivity contribution >= 4 is 44.6 Å². The summed E-state index contributed by atoms with van der Waals surface area (Å²) in [6, 6.07) is 7.24. The fraction of sp³-hybridized carbons (Fsp3) is 0.214. The molecule has 0 spiro atoms. The molecule has 0 unspecified atom stereocenters. The number of benzene rings is 1. The number of ether oxygens (including phenoxy) is 1. The number of hydrogen-bond acceptors (Lipinski definition) is 5. The number of rotatable bonds is 5. The third-order valence-corrected chi connectivity index (χ3v) is 4.35. The van der Waals surface area contributed by atoms with Crippen molar-refractivity contribution in [2.45, 2.75) is 13.5 Å². The summed E-state index contributed by atoms with van der Waals surface area (Å²) >= 11 is 5.05. The van der Waals surface area contributed by atoms with Crippen LogP contribution in [0.15, 0.2) is 34.1 Å². The monoisotopic (exact) mass is 354 g/mol. The van der Waals surface area contributed by atoms with Crippen molar-refractivity contribution in [2.24, 2.45) is 0 Å². The number of esters is 1. The maximum absolute atomic E-state index is 11.9. The second-order valence-corrected chi connectivity index (χ2v) is 5.99. The normalized spacial score (nSPS) is 10.3. The fourth-order valence-corrected chi connectivity index (χ4v) is 3.16. The van der Waals surface area contributed by atoms with E-state index in [1.54, 1.807) is 36.5 Å². The van der Waals surface area contributed by atoms with Crippen LogP contribution in [-0.4, -0.2) is 12.6 Å². The molecular weight excluding hydrogens is 340 g/mol. The molecule has 2 rings (SSSR count). The first-order valence-corrected chi connectivity index (χ1v) is 7.81. The first-order chi connectivity index (χ1) is 9.61. The van der Waals surface area contributed by atoms with Crippen LogP contribution >= 0.6 is 27.3 Å². The van der Waals surface area contributed by atoms with E-state index < -0.39 is 0 Å². The molecule has 3 N–H and O–H groups in total. The highest BCUT2D eigenvalue weighted by molar-refractivity contribution is 9.10. The molecule has 0 saturated heterocycles. The molecule has 0 aliphatic heterocycles. The van der Waals surface area contributed by atoms with Crippen LogP contribution in [0.2, 0.25) is 0 Å². The summed E-state index contributed by atoms with van der Waals surface area (Å²) in [5.41, 5.74) is 7.56. The van der Waals surface area contributed by atoms with Crippen LogP contribution in [-0.2, 0) is 11.3 Å². The number of carbonyl (C=O) groups excluding carboxylic acids is 1. The minimum atomic E-state index is -0.366. The van der Waals surface area contributed by atoms with Crippen LogP contribution in [0.1, 0.15) is 22.2 Å². The van der Waals surface area contributed by atoms with Crippen molar-refractivity contribution in [3.05, 3.63) is 44.6 Å². The third-order valence-electron chi connectivity index (χ3n) is 2.65. The lowest BCUT2D eigenvalue weighted by atomic mass is 10.1. The van der Waals surface area contributed by atoms with Crippen molar-refractivity contribution < 1.29 is 9.53 Å². The van der Waals surface area contributed by atoms with Gasteiger partial charge >= 0.3 is 5.97 Å². The molecule has 0 radical (unpaired) electrons. The number of nitrogen functional groups attached to an aromatic ring is 1. The zero-order valence-electron chi connectivity index (χ0n) is 11.0. The lowest BCUT2D eigenvalue weighted by molar-refractivity contribution is 0.0527. The average Bonchev–Trinajstić information content (AvgIpc) is 2.83. The maximum atomic E-state index is 11.9. The zero-order valence-corrected chi connectivity index (χ0v) is 13.4. The molecule has 2 aromatic rings. The molecular formula is C14H15BrN2O2S. The Labute approximate surface area is 130 Å². The van der Waals surface area contributed by atoms with E-state index in [0.717, 1.165) is 9.35 Å². The van der Waals surface area contributed by atoms with Crippen LogP contribution in [0, 0.1) is 0 Å². The molecule has 0 aliphatic carbocycles. The van der Waals surface area contributed by atoms with Crippen molar-refractivity contribution in [1.29, 1.82) is 0 Å². The summed E-state index contributed by atoms with van der Waals surface area (Å²) in [6.45, 7) is 2.72. The summed E-state index contributed by atoms with van der Waals surface area (Å²) in [6.07, 6.45) is 0. The minimum Gasteiger partial charge on any atom is -0.462 e. The molecule has 0 amide bonds. The molecule has 4 nitrogen and oxygen atoms in total. The van der Waals surface area contributed by atoms with Crippen LogP contribution in [0.25, 0.3) is 0 Å². The zero-order chi connectivity index (χ0) is 14.5. The van der Waals surface area contributed by atoms with Crippen molar-refractivity contribution in [1.82, 2.24) is 0 Å². The van der Waals surface area contributed by atoms with Gasteiger partial charge in [0, 0.05) is 21.3 Å². The Morgan fingerprint density at radius 1 is 1.50 bits per heavy atom. The first-order valence-electron chi connectivity index (χ1n) is 6.14. The fourth-order valence-electron chi connectivity index (χ4n) is 1.77. The van der Waals surface area contributed by atoms with E-state index >= 15 is 0 Å². The second-order valence-electron chi connectivity index (χ2n) is 4.08. The quantitative estimate of drug-likeness (QED) is 0.631. The van der Waals surface area contributed by atoms with Crippen LogP contribution < -0.4 is 11.1 Å². The number of carbonyl (C=O) groups is 1. The molecule has 0 fully saturated rings. The molecule has 1 aromatic carbocycles. The number of halogens is 1. The Kier molecular flexibility index (Phi) is 5.03. The number of thiophene rings is 1. The van der Waals surface area contributed by atoms with Gasteiger partial charge < -0.3 is 15.8 Å². The number of anilines is 2. The smallest absolute Gasteiger partial charge is 0.340 e. The summed E-state index contributed by atoms with van der Waals surface area (Å²) in [5.74, 6) is -0.366. The molecule has 0 atom stereocenters. The van der Waals surface area contributed by atoms with Gasteiger partial charge in [0.05, 0.1) is 23.5 Å². The highest BCUT2D eigenvalue weighted by Crippen LogP contribution is 2.26. The highest BCUT2D eigenvalue weighted by Gasteiger charge is 2.14. The Morgan fingerprint density at radius 3 is 2.95 bits per heavy atom. The molecule has 0 bridgehead atoms. The van der Waals surface area contributed by atoms with Gasteiger partial charge in [-0.2, -0.15) is 0 Å². The highest BCUT2D eigenvalue weighted by atomic mass is 79.9. The topological polar surface area (TPSA) is 64.3 Å². The number of nitrogens with two attached hydrogens (primary N) is 1. The van der Waals surface area contributed by atoms with E-state index in [0.29, 0.717) is 30.1 Å². The average molecular weight is 355 g/mol. The van der Waals surface area contributed by atoms with Gasteiger partial charge in [0.25, 0.3) is 0 Å². The van der Waals surface area contributed by atoms with Gasteiger partial charge in [0.15, 0.2) is 0 Å². The predicted octanol–water partition coefficient (Wildman–Crippen LogP) is 3.88.